The van der Waals surface area contributed by atoms with Gasteiger partial charge in [0.05, 0.1) is 6.61 Å². The normalized spacial score (nSPS) is 14.6. The van der Waals surface area contributed by atoms with Crippen LogP contribution < -0.4 is 4.72 Å². The quantitative estimate of drug-likeness (QED) is 0.264. The van der Waals surface area contributed by atoms with Gasteiger partial charge in [-0.3, -0.25) is 9.08 Å². The van der Waals surface area contributed by atoms with E-state index in [1.165, 1.54) is 0 Å². The van der Waals surface area contributed by atoms with Crippen LogP contribution in [0.1, 0.15) is 6.42 Å². The Hall–Kier alpha value is 0.180. The van der Waals surface area contributed by atoms with Gasteiger partial charge >= 0.3 is 7.82 Å². The van der Waals surface area contributed by atoms with Gasteiger partial charge in [-0.05, 0) is 6.42 Å². The summed E-state index contributed by atoms with van der Waals surface area (Å²) in [6.45, 7) is -0.00239. The summed E-state index contributed by atoms with van der Waals surface area (Å²) in [5.41, 5.74) is 0. The fraction of sp³-hybridized carbons (Fsp3) is 1.00. The van der Waals surface area contributed by atoms with E-state index in [4.69, 9.17) is 14.3 Å². The van der Waals surface area contributed by atoms with Crippen LogP contribution in [0, 0.1) is 0 Å². The molecule has 7 nitrogen and oxygen atoms in total. The molecule has 0 saturated carbocycles. The Bertz CT molecular complexity index is 191. The molecular weight excluding hydrogens is 209 g/mol. The second kappa shape index (κ2) is 5.76. The molecule has 0 fully saturated rings. The van der Waals surface area contributed by atoms with Crippen molar-refractivity contribution in [3.05, 3.63) is 0 Å². The maximum atomic E-state index is 10.1. The van der Waals surface area contributed by atoms with Crippen LogP contribution in [-0.4, -0.2) is 31.7 Å². The fourth-order valence-corrected chi connectivity index (χ4v) is 1.10. The van der Waals surface area contributed by atoms with E-state index in [0.29, 0.717) is 0 Å². The van der Waals surface area contributed by atoms with E-state index >= 15 is 0 Å². The third-order valence-corrected chi connectivity index (χ3v) is 1.78. The second-order valence-corrected chi connectivity index (χ2v) is 3.85. The van der Waals surface area contributed by atoms with Crippen LogP contribution in [0.15, 0.2) is 0 Å². The highest BCUT2D eigenvalue weighted by molar-refractivity contribution is 7.77. The van der Waals surface area contributed by atoms with Crippen molar-refractivity contribution >= 4 is 19.1 Å². The van der Waals surface area contributed by atoms with Crippen LogP contribution in [0.3, 0.4) is 0 Å². The van der Waals surface area contributed by atoms with Crippen molar-refractivity contribution in [1.82, 2.24) is 4.72 Å². The van der Waals surface area contributed by atoms with Crippen LogP contribution in [0.5, 0.6) is 0 Å². The predicted octanol–water partition coefficient (Wildman–Crippen LogP) is -0.788. The smallest absolute Gasteiger partial charge is 0.303 e. The summed E-state index contributed by atoms with van der Waals surface area (Å²) in [7, 11) is -4.40. The molecule has 0 amide bonds. The molecule has 0 aromatic rings. The Balaban J connectivity index is 3.23. The highest BCUT2D eigenvalue weighted by Gasteiger charge is 2.12. The zero-order valence-corrected chi connectivity index (χ0v) is 7.75. The molecule has 0 bridgehead atoms. The molecule has 0 heterocycles. The molecule has 74 valence electrons. The molecule has 12 heavy (non-hydrogen) atoms. The minimum atomic E-state index is -4.40. The Morgan fingerprint density at radius 3 is 2.50 bits per heavy atom. The molecule has 0 spiro atoms. The Kier molecular flexibility index (Phi) is 5.85. The van der Waals surface area contributed by atoms with E-state index in [-0.39, 0.29) is 19.6 Å². The van der Waals surface area contributed by atoms with Gasteiger partial charge in [0.2, 0.25) is 11.3 Å². The van der Waals surface area contributed by atoms with Crippen molar-refractivity contribution in [3.8, 4) is 0 Å². The van der Waals surface area contributed by atoms with Gasteiger partial charge in [0.15, 0.2) is 0 Å². The van der Waals surface area contributed by atoms with Crippen molar-refractivity contribution in [2.24, 2.45) is 0 Å². The molecule has 1 atom stereocenters. The van der Waals surface area contributed by atoms with Crippen molar-refractivity contribution in [2.45, 2.75) is 6.42 Å². The first kappa shape index (κ1) is 12.2. The standard InChI is InChI=1S/C3H10NO6PS/c5-11(6,7)10-3-1-2-4-12(8)9/h4H,1-3H2,(H,8,9)(H2,5,6,7). The first-order chi connectivity index (χ1) is 5.42. The predicted molar refractivity (Wildman–Crippen MR) is 41.4 cm³/mol. The summed E-state index contributed by atoms with van der Waals surface area (Å²) in [6, 6.07) is 0. The maximum absolute atomic E-state index is 10.1. The van der Waals surface area contributed by atoms with Gasteiger partial charge in [-0.2, -0.15) is 0 Å². The van der Waals surface area contributed by atoms with E-state index in [0.717, 1.165) is 0 Å². The molecule has 0 saturated heterocycles. The van der Waals surface area contributed by atoms with Gasteiger partial charge in [-0.1, -0.05) is 0 Å². The number of hydrogen-bond donors (Lipinski definition) is 4. The third kappa shape index (κ3) is 10.2. The molecule has 0 aliphatic rings. The maximum Gasteiger partial charge on any atom is 0.469 e. The van der Waals surface area contributed by atoms with Crippen molar-refractivity contribution in [2.75, 3.05) is 13.2 Å². The molecule has 0 aliphatic heterocycles. The highest BCUT2D eigenvalue weighted by Crippen LogP contribution is 2.35. The molecule has 1 unspecified atom stereocenters. The zero-order chi connectivity index (χ0) is 9.61. The van der Waals surface area contributed by atoms with Crippen LogP contribution in [0.2, 0.25) is 0 Å². The second-order valence-electron chi connectivity index (χ2n) is 1.82. The number of phosphoric acid groups is 1. The molecule has 4 N–H and O–H groups in total. The van der Waals surface area contributed by atoms with Crippen LogP contribution in [-0.2, 0) is 20.4 Å². The molecule has 0 rings (SSSR count). The fourth-order valence-electron chi connectivity index (χ4n) is 0.415. The van der Waals surface area contributed by atoms with Crippen LogP contribution in [0.25, 0.3) is 0 Å². The number of phosphoric ester groups is 1. The van der Waals surface area contributed by atoms with E-state index in [2.05, 4.69) is 9.25 Å². The summed E-state index contributed by atoms with van der Waals surface area (Å²) < 4.78 is 34.4. The molecule has 9 heteroatoms. The number of rotatable bonds is 6. The lowest BCUT2D eigenvalue weighted by Crippen LogP contribution is -2.18. The minimum absolute atomic E-state index is 0.156. The largest absolute Gasteiger partial charge is 0.469 e. The zero-order valence-electron chi connectivity index (χ0n) is 6.04. The molecule has 0 radical (unpaired) electrons. The van der Waals surface area contributed by atoms with Gasteiger partial charge < -0.3 is 9.79 Å². The van der Waals surface area contributed by atoms with Crippen molar-refractivity contribution < 1.29 is 27.6 Å². The summed E-state index contributed by atoms with van der Waals surface area (Å²) >= 11 is -2.09. The lowest BCUT2D eigenvalue weighted by atomic mass is 10.5. The summed E-state index contributed by atoms with van der Waals surface area (Å²) in [5.74, 6) is 0. The first-order valence-electron chi connectivity index (χ1n) is 2.96. The minimum Gasteiger partial charge on any atom is -0.303 e. The van der Waals surface area contributed by atoms with Gasteiger partial charge in [-0.15, -0.1) is 0 Å². The van der Waals surface area contributed by atoms with Crippen LogP contribution in [0.4, 0.5) is 0 Å². The van der Waals surface area contributed by atoms with Gasteiger partial charge in [0, 0.05) is 6.54 Å². The first-order valence-corrected chi connectivity index (χ1v) is 5.60. The third-order valence-electron chi connectivity index (χ3n) is 0.806. The average Bonchev–Trinajstić information content (AvgIpc) is 1.83. The summed E-state index contributed by atoms with van der Waals surface area (Å²) in [4.78, 5) is 16.4. The molecule has 0 aliphatic carbocycles. The lowest BCUT2D eigenvalue weighted by Gasteiger charge is -2.03. The highest BCUT2D eigenvalue weighted by atomic mass is 32.2. The van der Waals surface area contributed by atoms with E-state index in [1.807, 2.05) is 0 Å². The van der Waals surface area contributed by atoms with Crippen LogP contribution >= 0.6 is 7.82 Å². The van der Waals surface area contributed by atoms with E-state index < -0.39 is 19.1 Å². The molecule has 0 aromatic heterocycles. The monoisotopic (exact) mass is 219 g/mol. The van der Waals surface area contributed by atoms with Crippen molar-refractivity contribution in [1.29, 1.82) is 0 Å². The summed E-state index contributed by atoms with van der Waals surface area (Å²) in [6.07, 6.45) is 0.247. The Labute approximate surface area is 71.8 Å². The Morgan fingerprint density at radius 2 is 2.08 bits per heavy atom. The molecule has 0 aromatic carbocycles. The van der Waals surface area contributed by atoms with E-state index in [1.54, 1.807) is 0 Å². The number of nitrogens with one attached hydrogen (secondary N) is 1. The van der Waals surface area contributed by atoms with Gasteiger partial charge in [0.25, 0.3) is 0 Å². The van der Waals surface area contributed by atoms with E-state index in [9.17, 15) is 8.77 Å². The van der Waals surface area contributed by atoms with Gasteiger partial charge in [0.1, 0.15) is 0 Å². The van der Waals surface area contributed by atoms with Gasteiger partial charge in [-0.25, -0.2) is 13.5 Å². The summed E-state index contributed by atoms with van der Waals surface area (Å²) in [5, 5.41) is 0. The number of hydrogen-bond acceptors (Lipinski definition) is 3. The van der Waals surface area contributed by atoms with Crippen molar-refractivity contribution in [3.63, 3.8) is 0 Å². The lowest BCUT2D eigenvalue weighted by molar-refractivity contribution is 0.195. The average molecular weight is 219 g/mol. The topological polar surface area (TPSA) is 116 Å². The molecular formula is C3H10NO6PS. The Morgan fingerprint density at radius 1 is 1.50 bits per heavy atom. The SMILES string of the molecule is O=S(O)NCCCOP(=O)(O)O.